The quantitative estimate of drug-likeness (QED) is 0.587. The van der Waals surface area contributed by atoms with Crippen molar-refractivity contribution in [3.63, 3.8) is 0 Å². The molecule has 0 saturated carbocycles. The van der Waals surface area contributed by atoms with Crippen molar-refractivity contribution in [2.45, 2.75) is 12.1 Å². The first kappa shape index (κ1) is 15.6. The first-order valence-corrected chi connectivity index (χ1v) is 8.66. The molecule has 0 aliphatic carbocycles. The molecule has 23 heavy (non-hydrogen) atoms. The minimum atomic E-state index is -4.08. The van der Waals surface area contributed by atoms with Crippen LogP contribution in [0.3, 0.4) is 0 Å². The van der Waals surface area contributed by atoms with Crippen LogP contribution in [0, 0.1) is 0 Å². The molecule has 1 aromatic heterocycles. The maximum absolute atomic E-state index is 11.9. The fourth-order valence-corrected chi connectivity index (χ4v) is 3.03. The van der Waals surface area contributed by atoms with Crippen LogP contribution in [0.5, 0.6) is 0 Å². The molecule has 3 rings (SSSR count). The third kappa shape index (κ3) is 3.71. The molecular formula is C15H14N3O4P. The van der Waals surface area contributed by atoms with E-state index in [1.807, 2.05) is 6.07 Å². The van der Waals surface area contributed by atoms with Crippen LogP contribution in [-0.4, -0.2) is 26.9 Å². The Labute approximate surface area is 132 Å². The number of amides is 1. The molecule has 0 fully saturated rings. The van der Waals surface area contributed by atoms with Gasteiger partial charge in [0.15, 0.2) is 0 Å². The summed E-state index contributed by atoms with van der Waals surface area (Å²) < 4.78 is 11.0. The zero-order valence-corrected chi connectivity index (χ0v) is 12.9. The largest absolute Gasteiger partial charge is 0.329 e. The van der Waals surface area contributed by atoms with Crippen LogP contribution in [0.15, 0.2) is 47.6 Å². The van der Waals surface area contributed by atoms with Crippen molar-refractivity contribution in [1.82, 2.24) is 4.98 Å². The van der Waals surface area contributed by atoms with E-state index in [0.717, 1.165) is 5.56 Å². The van der Waals surface area contributed by atoms with Crippen LogP contribution in [-0.2, 0) is 15.5 Å². The second-order valence-electron chi connectivity index (χ2n) is 5.18. The molecule has 7 nitrogen and oxygen atoms in total. The number of aromatic nitrogens is 1. The predicted molar refractivity (Wildman–Crippen MR) is 85.9 cm³/mol. The van der Waals surface area contributed by atoms with Gasteiger partial charge in [0, 0.05) is 18.0 Å². The fraction of sp³-hybridized carbons (Fsp3) is 0.133. The van der Waals surface area contributed by atoms with Gasteiger partial charge in [-0.1, -0.05) is 18.2 Å². The highest BCUT2D eigenvalue weighted by molar-refractivity contribution is 7.50. The molecule has 0 saturated heterocycles. The Kier molecular flexibility index (Phi) is 4.09. The molecule has 1 unspecified atom stereocenters. The lowest BCUT2D eigenvalue weighted by atomic mass is 10.0. The van der Waals surface area contributed by atoms with E-state index in [1.54, 1.807) is 42.7 Å². The van der Waals surface area contributed by atoms with Crippen LogP contribution in [0.1, 0.15) is 17.0 Å². The van der Waals surface area contributed by atoms with Gasteiger partial charge >= 0.3 is 7.60 Å². The number of pyridine rings is 1. The fourth-order valence-electron chi connectivity index (χ4n) is 2.34. The molecule has 1 amide bonds. The minimum absolute atomic E-state index is 0.180. The van der Waals surface area contributed by atoms with E-state index in [0.29, 0.717) is 17.1 Å². The van der Waals surface area contributed by atoms with Crippen molar-refractivity contribution in [3.8, 4) is 0 Å². The number of nitrogens with one attached hydrogen (secondary N) is 1. The number of hydrogen-bond donors (Lipinski definition) is 3. The van der Waals surface area contributed by atoms with E-state index >= 15 is 0 Å². The molecule has 1 aromatic carbocycles. The molecule has 0 bridgehead atoms. The van der Waals surface area contributed by atoms with Crippen LogP contribution in [0.2, 0.25) is 0 Å². The molecule has 1 atom stereocenters. The highest BCUT2D eigenvalue weighted by Crippen LogP contribution is 2.39. The predicted octanol–water partition coefficient (Wildman–Crippen LogP) is 2.20. The Hall–Kier alpha value is -2.34. The van der Waals surface area contributed by atoms with Crippen molar-refractivity contribution < 1.29 is 19.1 Å². The molecule has 3 N–H and O–H groups in total. The van der Waals surface area contributed by atoms with E-state index in [4.69, 9.17) is 9.79 Å². The van der Waals surface area contributed by atoms with Crippen LogP contribution in [0.4, 0.5) is 11.5 Å². The highest BCUT2D eigenvalue weighted by atomic mass is 31.2. The summed E-state index contributed by atoms with van der Waals surface area (Å²) in [7, 11) is -4.08. The first-order valence-electron chi connectivity index (χ1n) is 6.86. The number of anilines is 1. The number of nitrogens with zero attached hydrogens (tertiary/aromatic N) is 2. The lowest BCUT2D eigenvalue weighted by Crippen LogP contribution is -2.12. The van der Waals surface area contributed by atoms with Gasteiger partial charge in [0.2, 0.25) is 5.91 Å². The Morgan fingerprint density at radius 3 is 2.70 bits per heavy atom. The van der Waals surface area contributed by atoms with Gasteiger partial charge in [-0.05, 0) is 23.8 Å². The maximum atomic E-state index is 11.9. The summed E-state index contributed by atoms with van der Waals surface area (Å²) in [6.07, 6.45) is 2.85. The molecule has 2 aromatic rings. The number of rotatable bonds is 4. The summed E-state index contributed by atoms with van der Waals surface area (Å²) in [5.74, 6) is -0.125. The number of hydrogen-bond acceptors (Lipinski definition) is 4. The number of fused-ring (bicyclic) bond motifs is 1. The summed E-state index contributed by atoms with van der Waals surface area (Å²) in [6, 6.07) is 10.1. The van der Waals surface area contributed by atoms with E-state index in [9.17, 15) is 9.36 Å². The molecule has 0 spiro atoms. The Balaban J connectivity index is 1.76. The number of benzene rings is 1. The van der Waals surface area contributed by atoms with Crippen LogP contribution >= 0.6 is 7.60 Å². The molecule has 1 aliphatic rings. The van der Waals surface area contributed by atoms with Gasteiger partial charge in [0.25, 0.3) is 0 Å². The molecule has 1 aliphatic heterocycles. The monoisotopic (exact) mass is 331 g/mol. The molecular weight excluding hydrogens is 317 g/mol. The molecule has 0 radical (unpaired) electrons. The van der Waals surface area contributed by atoms with E-state index in [1.165, 1.54) is 0 Å². The van der Waals surface area contributed by atoms with Crippen molar-refractivity contribution >= 4 is 31.2 Å². The second kappa shape index (κ2) is 6.04. The highest BCUT2D eigenvalue weighted by Gasteiger charge is 2.29. The van der Waals surface area contributed by atoms with Gasteiger partial charge in [0.05, 0.1) is 11.8 Å². The number of aliphatic imine (C=N–C) groups is 1. The van der Waals surface area contributed by atoms with Gasteiger partial charge in [-0.3, -0.25) is 14.4 Å². The van der Waals surface area contributed by atoms with Crippen molar-refractivity contribution in [2.75, 3.05) is 5.32 Å². The van der Waals surface area contributed by atoms with Gasteiger partial charge in [-0.2, -0.15) is 0 Å². The molecule has 8 heteroatoms. The van der Waals surface area contributed by atoms with E-state index < -0.39 is 13.5 Å². The first-order chi connectivity index (χ1) is 10.9. The van der Waals surface area contributed by atoms with E-state index in [-0.39, 0.29) is 12.1 Å². The van der Waals surface area contributed by atoms with Gasteiger partial charge < -0.3 is 15.1 Å². The SMILES string of the molecule is O=C1Nc2ncccc2C1C=Nc1ccc(CP(=O)(O)O)cc1. The summed E-state index contributed by atoms with van der Waals surface area (Å²) >= 11 is 0. The third-order valence-electron chi connectivity index (χ3n) is 3.40. The maximum Gasteiger partial charge on any atom is 0.329 e. The second-order valence-corrected chi connectivity index (χ2v) is 6.82. The third-order valence-corrected chi connectivity index (χ3v) is 4.17. The lowest BCUT2D eigenvalue weighted by molar-refractivity contribution is -0.115. The summed E-state index contributed by atoms with van der Waals surface area (Å²) in [5, 5.41) is 2.69. The van der Waals surface area contributed by atoms with Crippen molar-refractivity contribution in [2.24, 2.45) is 4.99 Å². The zero-order valence-electron chi connectivity index (χ0n) is 12.0. The number of carbonyl (C=O) groups is 1. The average molecular weight is 331 g/mol. The summed E-state index contributed by atoms with van der Waals surface area (Å²) in [6.45, 7) is 0. The van der Waals surface area contributed by atoms with Gasteiger partial charge in [-0.25, -0.2) is 4.98 Å². The van der Waals surface area contributed by atoms with Crippen LogP contribution < -0.4 is 5.32 Å². The standard InChI is InChI=1S/C15H14N3O4P/c19-15-13(12-2-1-7-16-14(12)18-15)8-17-11-5-3-10(4-6-11)9-23(20,21)22/h1-8,13H,9H2,(H,16,18,19)(H2,20,21,22). The Morgan fingerprint density at radius 1 is 1.26 bits per heavy atom. The smallest absolute Gasteiger partial charge is 0.324 e. The topological polar surface area (TPSA) is 112 Å². The Morgan fingerprint density at radius 2 is 2.00 bits per heavy atom. The minimum Gasteiger partial charge on any atom is -0.324 e. The van der Waals surface area contributed by atoms with Crippen molar-refractivity contribution in [3.05, 3.63) is 53.7 Å². The normalized spacial score (nSPS) is 17.3. The Bertz CT molecular complexity index is 814. The molecule has 2 heterocycles. The van der Waals surface area contributed by atoms with E-state index in [2.05, 4.69) is 15.3 Å². The van der Waals surface area contributed by atoms with Crippen LogP contribution in [0.25, 0.3) is 0 Å². The molecule has 118 valence electrons. The summed E-state index contributed by atoms with van der Waals surface area (Å²) in [4.78, 5) is 38.2. The van der Waals surface area contributed by atoms with Gasteiger partial charge in [0.1, 0.15) is 11.7 Å². The van der Waals surface area contributed by atoms with Crippen molar-refractivity contribution in [1.29, 1.82) is 0 Å². The number of carbonyl (C=O) groups excluding carboxylic acids is 1. The lowest BCUT2D eigenvalue weighted by Gasteiger charge is -2.04. The van der Waals surface area contributed by atoms with Gasteiger partial charge in [-0.15, -0.1) is 0 Å². The zero-order chi connectivity index (χ0) is 16.4. The summed E-state index contributed by atoms with van der Waals surface area (Å²) in [5.41, 5.74) is 1.91. The average Bonchev–Trinajstić information content (AvgIpc) is 2.80.